The highest BCUT2D eigenvalue weighted by Crippen LogP contribution is 2.06. The van der Waals surface area contributed by atoms with E-state index in [1.807, 2.05) is 0 Å². The van der Waals surface area contributed by atoms with E-state index in [0.29, 0.717) is 12.1 Å². The standard InChI is InChI=1S/C13H11FN2O2/c14-12-4-1-10(2-5-12)8-16-9-11(7-15-16)3-6-13(17)18/h1-7,9H,8H2,(H,17,18)/b6-3+. The van der Waals surface area contributed by atoms with Crippen LogP contribution in [0.2, 0.25) is 0 Å². The van der Waals surface area contributed by atoms with Gasteiger partial charge in [-0.25, -0.2) is 9.18 Å². The number of aliphatic carboxylic acids is 1. The summed E-state index contributed by atoms with van der Waals surface area (Å²) < 4.78 is 14.4. The molecule has 0 aliphatic rings. The molecule has 0 amide bonds. The van der Waals surface area contributed by atoms with Crippen LogP contribution in [0, 0.1) is 5.82 Å². The number of carbonyl (C=O) groups is 1. The van der Waals surface area contributed by atoms with Gasteiger partial charge >= 0.3 is 5.97 Å². The number of hydrogen-bond acceptors (Lipinski definition) is 2. The van der Waals surface area contributed by atoms with E-state index in [0.717, 1.165) is 11.6 Å². The van der Waals surface area contributed by atoms with Crippen molar-refractivity contribution in [2.24, 2.45) is 0 Å². The lowest BCUT2D eigenvalue weighted by Crippen LogP contribution is -1.99. The molecular weight excluding hydrogens is 235 g/mol. The highest BCUT2D eigenvalue weighted by atomic mass is 19.1. The fraction of sp³-hybridized carbons (Fsp3) is 0.0769. The summed E-state index contributed by atoms with van der Waals surface area (Å²) in [6.07, 6.45) is 5.82. The molecule has 1 N–H and O–H groups in total. The molecular formula is C13H11FN2O2. The summed E-state index contributed by atoms with van der Waals surface area (Å²) in [6, 6.07) is 6.15. The molecule has 5 heteroatoms. The minimum Gasteiger partial charge on any atom is -0.478 e. The predicted molar refractivity (Wildman–Crippen MR) is 64.4 cm³/mol. The summed E-state index contributed by atoms with van der Waals surface area (Å²) in [5, 5.41) is 12.6. The van der Waals surface area contributed by atoms with Gasteiger partial charge in [0.15, 0.2) is 0 Å². The molecule has 0 fully saturated rings. The maximum Gasteiger partial charge on any atom is 0.328 e. The van der Waals surface area contributed by atoms with E-state index in [-0.39, 0.29) is 5.82 Å². The summed E-state index contributed by atoms with van der Waals surface area (Å²) in [6.45, 7) is 0.515. The molecule has 0 atom stereocenters. The molecule has 0 spiro atoms. The highest BCUT2D eigenvalue weighted by molar-refractivity contribution is 5.85. The second-order valence-electron chi connectivity index (χ2n) is 3.77. The van der Waals surface area contributed by atoms with Gasteiger partial charge in [-0.1, -0.05) is 12.1 Å². The van der Waals surface area contributed by atoms with Crippen LogP contribution in [-0.4, -0.2) is 20.9 Å². The first kappa shape index (κ1) is 12.0. The van der Waals surface area contributed by atoms with E-state index in [2.05, 4.69) is 5.10 Å². The molecule has 2 aromatic rings. The van der Waals surface area contributed by atoms with E-state index in [1.54, 1.807) is 29.2 Å². The molecule has 1 heterocycles. The van der Waals surface area contributed by atoms with Crippen molar-refractivity contribution in [3.63, 3.8) is 0 Å². The minimum absolute atomic E-state index is 0.274. The van der Waals surface area contributed by atoms with Crippen LogP contribution >= 0.6 is 0 Å². The van der Waals surface area contributed by atoms with Crippen LogP contribution < -0.4 is 0 Å². The van der Waals surface area contributed by atoms with Crippen LogP contribution in [0.3, 0.4) is 0 Å². The van der Waals surface area contributed by atoms with Gasteiger partial charge in [-0.3, -0.25) is 4.68 Å². The van der Waals surface area contributed by atoms with Gasteiger partial charge in [0.25, 0.3) is 0 Å². The Kier molecular flexibility index (Phi) is 3.52. The Morgan fingerprint density at radius 3 is 2.78 bits per heavy atom. The van der Waals surface area contributed by atoms with E-state index < -0.39 is 5.97 Å². The molecule has 0 aliphatic heterocycles. The van der Waals surface area contributed by atoms with Gasteiger partial charge in [0.2, 0.25) is 0 Å². The second-order valence-corrected chi connectivity index (χ2v) is 3.77. The number of aromatic nitrogens is 2. The van der Waals surface area contributed by atoms with Crippen molar-refractivity contribution in [2.75, 3.05) is 0 Å². The topological polar surface area (TPSA) is 55.1 Å². The van der Waals surface area contributed by atoms with Crippen LogP contribution in [0.25, 0.3) is 6.08 Å². The van der Waals surface area contributed by atoms with Crippen molar-refractivity contribution in [1.29, 1.82) is 0 Å². The average Bonchev–Trinajstić information content (AvgIpc) is 2.77. The van der Waals surface area contributed by atoms with Crippen LogP contribution in [0.15, 0.2) is 42.7 Å². The molecule has 0 bridgehead atoms. The fourth-order valence-electron chi connectivity index (χ4n) is 1.50. The van der Waals surface area contributed by atoms with Crippen molar-refractivity contribution in [2.45, 2.75) is 6.54 Å². The number of benzene rings is 1. The Labute approximate surface area is 103 Å². The smallest absolute Gasteiger partial charge is 0.328 e. The highest BCUT2D eigenvalue weighted by Gasteiger charge is 1.99. The predicted octanol–water partition coefficient (Wildman–Crippen LogP) is 2.17. The molecule has 18 heavy (non-hydrogen) atoms. The van der Waals surface area contributed by atoms with Crippen molar-refractivity contribution in [3.05, 3.63) is 59.7 Å². The molecule has 4 nitrogen and oxygen atoms in total. The largest absolute Gasteiger partial charge is 0.478 e. The summed E-state index contributed by atoms with van der Waals surface area (Å²) in [7, 11) is 0. The third kappa shape index (κ3) is 3.28. The second kappa shape index (κ2) is 5.27. The van der Waals surface area contributed by atoms with Crippen LogP contribution in [-0.2, 0) is 11.3 Å². The van der Waals surface area contributed by atoms with Gasteiger partial charge in [-0.15, -0.1) is 0 Å². The van der Waals surface area contributed by atoms with Crippen LogP contribution in [0.1, 0.15) is 11.1 Å². The van der Waals surface area contributed by atoms with Gasteiger partial charge in [-0.2, -0.15) is 5.10 Å². The fourth-order valence-corrected chi connectivity index (χ4v) is 1.50. The third-order valence-corrected chi connectivity index (χ3v) is 2.33. The van der Waals surface area contributed by atoms with E-state index >= 15 is 0 Å². The van der Waals surface area contributed by atoms with E-state index in [9.17, 15) is 9.18 Å². The summed E-state index contributed by atoms with van der Waals surface area (Å²) in [4.78, 5) is 10.4. The number of rotatable bonds is 4. The lowest BCUT2D eigenvalue weighted by molar-refractivity contribution is -0.131. The quantitative estimate of drug-likeness (QED) is 0.841. The third-order valence-electron chi connectivity index (χ3n) is 2.33. The maximum atomic E-state index is 12.7. The van der Waals surface area contributed by atoms with Crippen LogP contribution in [0.5, 0.6) is 0 Å². The lowest BCUT2D eigenvalue weighted by Gasteiger charge is -2.00. The molecule has 0 aliphatic carbocycles. The van der Waals surface area contributed by atoms with Gasteiger partial charge in [-0.05, 0) is 23.8 Å². The number of nitrogens with zero attached hydrogens (tertiary/aromatic N) is 2. The SMILES string of the molecule is O=C(O)/C=C/c1cnn(Cc2ccc(F)cc2)c1. The molecule has 0 saturated heterocycles. The minimum atomic E-state index is -0.999. The van der Waals surface area contributed by atoms with Crippen molar-refractivity contribution in [1.82, 2.24) is 9.78 Å². The Morgan fingerprint density at radius 1 is 1.39 bits per heavy atom. The normalized spacial score (nSPS) is 10.9. The van der Waals surface area contributed by atoms with Crippen LogP contribution in [0.4, 0.5) is 4.39 Å². The van der Waals surface area contributed by atoms with Crippen molar-refractivity contribution < 1.29 is 14.3 Å². The Morgan fingerprint density at radius 2 is 2.11 bits per heavy atom. The maximum absolute atomic E-state index is 12.7. The lowest BCUT2D eigenvalue weighted by atomic mass is 10.2. The Balaban J connectivity index is 2.06. The molecule has 2 rings (SSSR count). The summed E-state index contributed by atoms with van der Waals surface area (Å²) in [5.41, 5.74) is 1.63. The summed E-state index contributed by atoms with van der Waals surface area (Å²) in [5.74, 6) is -1.27. The molecule has 0 saturated carbocycles. The molecule has 92 valence electrons. The molecule has 1 aromatic carbocycles. The number of hydrogen-bond donors (Lipinski definition) is 1. The number of carboxylic acid groups (broad SMARTS) is 1. The first-order valence-electron chi connectivity index (χ1n) is 5.31. The van der Waals surface area contributed by atoms with Gasteiger partial charge < -0.3 is 5.11 Å². The number of halogens is 1. The first-order chi connectivity index (χ1) is 8.63. The summed E-state index contributed by atoms with van der Waals surface area (Å²) >= 11 is 0. The Bertz CT molecular complexity index is 573. The van der Waals surface area contributed by atoms with Gasteiger partial charge in [0.05, 0.1) is 12.7 Å². The monoisotopic (exact) mass is 246 g/mol. The Hall–Kier alpha value is -2.43. The van der Waals surface area contributed by atoms with E-state index in [1.165, 1.54) is 18.2 Å². The molecule has 1 aromatic heterocycles. The zero-order chi connectivity index (χ0) is 13.0. The van der Waals surface area contributed by atoms with Crippen molar-refractivity contribution in [3.8, 4) is 0 Å². The van der Waals surface area contributed by atoms with Gasteiger partial charge in [0.1, 0.15) is 5.82 Å². The zero-order valence-electron chi connectivity index (χ0n) is 9.45. The number of carboxylic acids is 1. The molecule has 0 unspecified atom stereocenters. The first-order valence-corrected chi connectivity index (χ1v) is 5.31. The van der Waals surface area contributed by atoms with Gasteiger partial charge in [0, 0.05) is 17.8 Å². The molecule has 0 radical (unpaired) electrons. The van der Waals surface area contributed by atoms with Crippen molar-refractivity contribution >= 4 is 12.0 Å². The average molecular weight is 246 g/mol. The zero-order valence-corrected chi connectivity index (χ0v) is 9.45. The van der Waals surface area contributed by atoms with E-state index in [4.69, 9.17) is 5.11 Å².